The maximum absolute atomic E-state index is 10.1. The van der Waals surface area contributed by atoms with Crippen LogP contribution in [-0.2, 0) is 9.53 Å². The van der Waals surface area contributed by atoms with Crippen molar-refractivity contribution in [2.75, 3.05) is 6.61 Å². The zero-order valence-electron chi connectivity index (χ0n) is 10.3. The molecule has 1 rings (SSSR count). The average molecular weight is 222 g/mol. The zero-order valence-corrected chi connectivity index (χ0v) is 10.3. The summed E-state index contributed by atoms with van der Waals surface area (Å²) in [5.41, 5.74) is 0.134. The monoisotopic (exact) mass is 222 g/mol. The molecule has 0 saturated carbocycles. The number of hydrogen-bond acceptors (Lipinski definition) is 2. The Kier molecular flexibility index (Phi) is 5.47. The maximum Gasteiger partial charge on any atom is 0.142 e. The molecule has 2 nitrogen and oxygen atoms in total. The Bertz CT molecular complexity index is 258. The second-order valence-corrected chi connectivity index (χ2v) is 5.06. The Labute approximate surface area is 98.4 Å². The molecular weight excluding hydrogens is 200 g/mol. The molecule has 1 aliphatic rings. The van der Waals surface area contributed by atoms with Gasteiger partial charge in [0.15, 0.2) is 0 Å². The fraction of sp³-hybridized carbons (Fsp3) is 0.643. The van der Waals surface area contributed by atoms with Crippen molar-refractivity contribution in [1.29, 1.82) is 0 Å². The summed E-state index contributed by atoms with van der Waals surface area (Å²) in [6, 6.07) is 0. The van der Waals surface area contributed by atoms with Crippen LogP contribution in [-0.4, -0.2) is 19.0 Å². The predicted octanol–water partition coefficient (Wildman–Crippen LogP) is 3.28. The minimum absolute atomic E-state index is 0.134. The first-order valence-electron chi connectivity index (χ1n) is 6.05. The van der Waals surface area contributed by atoms with Gasteiger partial charge in [-0.2, -0.15) is 0 Å². The van der Waals surface area contributed by atoms with E-state index in [9.17, 15) is 4.79 Å². The molecule has 0 amide bonds. The van der Waals surface area contributed by atoms with Crippen LogP contribution in [0, 0.1) is 5.41 Å². The van der Waals surface area contributed by atoms with Crippen molar-refractivity contribution in [2.24, 2.45) is 5.41 Å². The molecule has 0 aliphatic carbocycles. The SMILES string of the molecule is CC(C)(/C=C/C=C/C=O)CC1CCCCO1. The van der Waals surface area contributed by atoms with Crippen LogP contribution >= 0.6 is 0 Å². The largest absolute Gasteiger partial charge is 0.378 e. The molecule has 1 saturated heterocycles. The number of hydrogen-bond donors (Lipinski definition) is 0. The molecular formula is C14H22O2. The fourth-order valence-corrected chi connectivity index (χ4v) is 2.05. The second-order valence-electron chi connectivity index (χ2n) is 5.06. The highest BCUT2D eigenvalue weighted by Gasteiger charge is 2.22. The molecule has 0 bridgehead atoms. The van der Waals surface area contributed by atoms with Gasteiger partial charge < -0.3 is 4.74 Å². The van der Waals surface area contributed by atoms with Gasteiger partial charge in [-0.25, -0.2) is 0 Å². The molecule has 1 heterocycles. The lowest BCUT2D eigenvalue weighted by Crippen LogP contribution is -2.25. The third-order valence-corrected chi connectivity index (χ3v) is 2.88. The average Bonchev–Trinajstić information content (AvgIpc) is 2.25. The van der Waals surface area contributed by atoms with Crippen LogP contribution in [0.15, 0.2) is 24.3 Å². The van der Waals surface area contributed by atoms with Gasteiger partial charge in [0.25, 0.3) is 0 Å². The second kappa shape index (κ2) is 6.64. The number of rotatable bonds is 5. The van der Waals surface area contributed by atoms with Crippen LogP contribution in [0.5, 0.6) is 0 Å². The van der Waals surface area contributed by atoms with E-state index in [1.54, 1.807) is 6.08 Å². The minimum Gasteiger partial charge on any atom is -0.378 e. The van der Waals surface area contributed by atoms with Gasteiger partial charge in [0.2, 0.25) is 0 Å². The van der Waals surface area contributed by atoms with Crippen LogP contribution in [0.2, 0.25) is 0 Å². The number of aldehydes is 1. The molecule has 90 valence electrons. The highest BCUT2D eigenvalue weighted by Crippen LogP contribution is 2.29. The summed E-state index contributed by atoms with van der Waals surface area (Å²) in [5.74, 6) is 0. The molecule has 1 fully saturated rings. The van der Waals surface area contributed by atoms with E-state index >= 15 is 0 Å². The van der Waals surface area contributed by atoms with Crippen LogP contribution < -0.4 is 0 Å². The lowest BCUT2D eigenvalue weighted by molar-refractivity contribution is -0.104. The summed E-state index contributed by atoms with van der Waals surface area (Å²) in [4.78, 5) is 10.1. The molecule has 0 aromatic heterocycles. The van der Waals surface area contributed by atoms with E-state index in [2.05, 4.69) is 19.9 Å². The van der Waals surface area contributed by atoms with Gasteiger partial charge in [-0.3, -0.25) is 4.79 Å². The number of ether oxygens (including phenoxy) is 1. The van der Waals surface area contributed by atoms with Gasteiger partial charge in [-0.15, -0.1) is 0 Å². The summed E-state index contributed by atoms with van der Waals surface area (Å²) in [6.45, 7) is 5.32. The standard InChI is InChI=1S/C14H22O2/c1-14(2,9-5-3-6-10-15)12-13-8-4-7-11-16-13/h3,5-6,9-10,13H,4,7-8,11-12H2,1-2H3/b6-3+,9-5+. The first-order valence-corrected chi connectivity index (χ1v) is 6.05. The molecule has 0 spiro atoms. The summed E-state index contributed by atoms with van der Waals surface area (Å²) >= 11 is 0. The van der Waals surface area contributed by atoms with Gasteiger partial charge in [0, 0.05) is 6.61 Å². The summed E-state index contributed by atoms with van der Waals surface area (Å²) < 4.78 is 5.73. The van der Waals surface area contributed by atoms with Crippen LogP contribution in [0.25, 0.3) is 0 Å². The normalized spacial score (nSPS) is 23.0. The number of carbonyl (C=O) groups is 1. The first kappa shape index (κ1) is 13.2. The molecule has 0 aromatic rings. The van der Waals surface area contributed by atoms with Crippen molar-refractivity contribution in [3.8, 4) is 0 Å². The van der Waals surface area contributed by atoms with Crippen molar-refractivity contribution in [1.82, 2.24) is 0 Å². The Morgan fingerprint density at radius 3 is 2.69 bits per heavy atom. The van der Waals surface area contributed by atoms with Crippen molar-refractivity contribution >= 4 is 6.29 Å². The first-order chi connectivity index (χ1) is 7.64. The van der Waals surface area contributed by atoms with E-state index in [-0.39, 0.29) is 5.41 Å². The van der Waals surface area contributed by atoms with Gasteiger partial charge in [-0.05, 0) is 37.2 Å². The predicted molar refractivity (Wildman–Crippen MR) is 66.3 cm³/mol. The Morgan fingerprint density at radius 1 is 1.25 bits per heavy atom. The van der Waals surface area contributed by atoms with E-state index < -0.39 is 0 Å². The Balaban J connectivity index is 2.39. The van der Waals surface area contributed by atoms with E-state index in [1.165, 1.54) is 25.3 Å². The van der Waals surface area contributed by atoms with Gasteiger partial charge >= 0.3 is 0 Å². The summed E-state index contributed by atoms with van der Waals surface area (Å²) in [5, 5.41) is 0. The smallest absolute Gasteiger partial charge is 0.142 e. The molecule has 1 atom stereocenters. The van der Waals surface area contributed by atoms with Crippen molar-refractivity contribution < 1.29 is 9.53 Å². The van der Waals surface area contributed by atoms with Crippen LogP contribution in [0.3, 0.4) is 0 Å². The van der Waals surface area contributed by atoms with Crippen LogP contribution in [0.1, 0.15) is 39.5 Å². The third-order valence-electron chi connectivity index (χ3n) is 2.88. The molecule has 0 radical (unpaired) electrons. The van der Waals surface area contributed by atoms with Crippen molar-refractivity contribution in [3.05, 3.63) is 24.3 Å². The lowest BCUT2D eigenvalue weighted by Gasteiger charge is -2.29. The highest BCUT2D eigenvalue weighted by molar-refractivity contribution is 5.65. The van der Waals surface area contributed by atoms with Crippen molar-refractivity contribution in [3.63, 3.8) is 0 Å². The minimum atomic E-state index is 0.134. The molecule has 16 heavy (non-hydrogen) atoms. The maximum atomic E-state index is 10.1. The molecule has 0 N–H and O–H groups in total. The van der Waals surface area contributed by atoms with Crippen molar-refractivity contribution in [2.45, 2.75) is 45.6 Å². The molecule has 2 heteroatoms. The Hall–Kier alpha value is -0.890. The zero-order chi connectivity index (χ0) is 11.9. The van der Waals surface area contributed by atoms with E-state index in [0.29, 0.717) is 6.10 Å². The highest BCUT2D eigenvalue weighted by atomic mass is 16.5. The Morgan fingerprint density at radius 2 is 2.06 bits per heavy atom. The fourth-order valence-electron chi connectivity index (χ4n) is 2.05. The van der Waals surface area contributed by atoms with Gasteiger partial charge in [0.05, 0.1) is 6.10 Å². The molecule has 1 unspecified atom stereocenters. The van der Waals surface area contributed by atoms with Gasteiger partial charge in [0.1, 0.15) is 6.29 Å². The van der Waals surface area contributed by atoms with Crippen LogP contribution in [0.4, 0.5) is 0 Å². The summed E-state index contributed by atoms with van der Waals surface area (Å²) in [7, 11) is 0. The topological polar surface area (TPSA) is 26.3 Å². The van der Waals surface area contributed by atoms with Gasteiger partial charge in [-0.1, -0.05) is 32.1 Å². The number of carbonyl (C=O) groups excluding carboxylic acids is 1. The van der Waals surface area contributed by atoms with E-state index in [1.807, 2.05) is 6.08 Å². The number of allylic oxidation sites excluding steroid dienone is 4. The quantitative estimate of drug-likeness (QED) is 0.405. The third kappa shape index (κ3) is 5.26. The molecule has 0 aromatic carbocycles. The lowest BCUT2D eigenvalue weighted by atomic mass is 9.84. The van der Waals surface area contributed by atoms with E-state index in [4.69, 9.17) is 4.74 Å². The van der Waals surface area contributed by atoms with E-state index in [0.717, 1.165) is 19.3 Å². The summed E-state index contributed by atoms with van der Waals surface area (Å²) in [6.07, 6.45) is 13.3. The molecule has 1 aliphatic heterocycles.